The molecule has 0 saturated carbocycles. The molecule has 0 aromatic carbocycles. The molecule has 6 heteroatoms. The van der Waals surface area contributed by atoms with Crippen molar-refractivity contribution in [2.24, 2.45) is 5.73 Å². The van der Waals surface area contributed by atoms with Gasteiger partial charge in [0.1, 0.15) is 17.2 Å². The van der Waals surface area contributed by atoms with Gasteiger partial charge >= 0.3 is 0 Å². The van der Waals surface area contributed by atoms with Crippen LogP contribution in [0, 0.1) is 13.8 Å². The number of anilines is 1. The lowest BCUT2D eigenvalue weighted by molar-refractivity contribution is -0.00461. The molecule has 0 amide bonds. The number of aryl methyl sites for hydroxylation is 2. The molecule has 2 atom stereocenters. The minimum Gasteiger partial charge on any atom is -0.389 e. The number of hydrogen-bond donors (Lipinski definition) is 1. The van der Waals surface area contributed by atoms with Gasteiger partial charge in [-0.2, -0.15) is 0 Å². The van der Waals surface area contributed by atoms with Crippen molar-refractivity contribution in [3.63, 3.8) is 0 Å². The van der Waals surface area contributed by atoms with Gasteiger partial charge in [0.05, 0.1) is 11.3 Å². The maximum Gasteiger partial charge on any atom is 0.107 e. The fourth-order valence-corrected chi connectivity index (χ4v) is 3.01. The standard InChI is InChI=1S/C14H21N3O2S/c1-8-5-10(13(14(15)20)9(2)16-8)17-6-11(18-3)12(7-17)19-4/h5,11-12H,6-7H2,1-4H3,(H2,15,20). The second-order valence-electron chi connectivity index (χ2n) is 5.06. The van der Waals surface area contributed by atoms with Gasteiger partial charge in [-0.25, -0.2) is 0 Å². The van der Waals surface area contributed by atoms with Gasteiger partial charge < -0.3 is 20.1 Å². The van der Waals surface area contributed by atoms with E-state index in [1.54, 1.807) is 14.2 Å². The number of ether oxygens (including phenoxy) is 2. The molecule has 1 aromatic heterocycles. The summed E-state index contributed by atoms with van der Waals surface area (Å²) < 4.78 is 11.0. The quantitative estimate of drug-likeness (QED) is 0.842. The highest BCUT2D eigenvalue weighted by Gasteiger charge is 2.34. The third kappa shape index (κ3) is 2.77. The predicted octanol–water partition coefficient (Wildman–Crippen LogP) is 1.18. The lowest BCUT2D eigenvalue weighted by Gasteiger charge is -2.23. The first kappa shape index (κ1) is 15.2. The van der Waals surface area contributed by atoms with E-state index < -0.39 is 0 Å². The normalized spacial score (nSPS) is 22.3. The Labute approximate surface area is 125 Å². The van der Waals surface area contributed by atoms with Gasteiger partial charge in [0, 0.05) is 38.7 Å². The molecule has 2 rings (SSSR count). The number of nitrogens with zero attached hydrogens (tertiary/aromatic N) is 2. The van der Waals surface area contributed by atoms with E-state index in [0.29, 0.717) is 4.99 Å². The van der Waals surface area contributed by atoms with Crippen LogP contribution in [0.1, 0.15) is 17.0 Å². The molecule has 20 heavy (non-hydrogen) atoms. The molecule has 1 aromatic rings. The summed E-state index contributed by atoms with van der Waals surface area (Å²) in [6.07, 6.45) is 0.0981. The van der Waals surface area contributed by atoms with Crippen molar-refractivity contribution in [1.29, 1.82) is 0 Å². The van der Waals surface area contributed by atoms with Crippen molar-refractivity contribution in [1.82, 2.24) is 4.98 Å². The van der Waals surface area contributed by atoms with Crippen molar-refractivity contribution in [2.45, 2.75) is 26.1 Å². The van der Waals surface area contributed by atoms with Crippen LogP contribution < -0.4 is 10.6 Å². The highest BCUT2D eigenvalue weighted by atomic mass is 32.1. The van der Waals surface area contributed by atoms with Crippen molar-refractivity contribution in [3.05, 3.63) is 23.0 Å². The average molecular weight is 295 g/mol. The number of thiocarbonyl (C=S) groups is 1. The van der Waals surface area contributed by atoms with Crippen LogP contribution in [0.4, 0.5) is 5.69 Å². The molecule has 1 aliphatic heterocycles. The molecule has 0 spiro atoms. The van der Waals surface area contributed by atoms with Crippen LogP contribution in [0.25, 0.3) is 0 Å². The molecule has 5 nitrogen and oxygen atoms in total. The van der Waals surface area contributed by atoms with E-state index in [4.69, 9.17) is 27.4 Å². The monoisotopic (exact) mass is 295 g/mol. The molecule has 1 aliphatic rings. The summed E-state index contributed by atoms with van der Waals surface area (Å²) in [6.45, 7) is 5.42. The molecule has 2 N–H and O–H groups in total. The first-order valence-electron chi connectivity index (χ1n) is 6.56. The molecular weight excluding hydrogens is 274 g/mol. The topological polar surface area (TPSA) is 60.6 Å². The highest BCUT2D eigenvalue weighted by Crippen LogP contribution is 2.29. The lowest BCUT2D eigenvalue weighted by atomic mass is 10.1. The molecule has 2 heterocycles. The Balaban J connectivity index is 2.40. The minimum absolute atomic E-state index is 0.0490. The van der Waals surface area contributed by atoms with Gasteiger partial charge in [-0.1, -0.05) is 12.2 Å². The van der Waals surface area contributed by atoms with E-state index in [1.165, 1.54) is 0 Å². The van der Waals surface area contributed by atoms with Crippen LogP contribution in [0.5, 0.6) is 0 Å². The molecule has 0 radical (unpaired) electrons. The summed E-state index contributed by atoms with van der Waals surface area (Å²) in [5.41, 5.74) is 9.55. The van der Waals surface area contributed by atoms with Crippen molar-refractivity contribution < 1.29 is 9.47 Å². The second-order valence-corrected chi connectivity index (χ2v) is 5.50. The summed E-state index contributed by atoms with van der Waals surface area (Å²) in [5, 5.41) is 0. The number of aromatic nitrogens is 1. The third-order valence-corrected chi connectivity index (χ3v) is 3.92. The van der Waals surface area contributed by atoms with Gasteiger partial charge in [0.2, 0.25) is 0 Å². The van der Waals surface area contributed by atoms with E-state index in [0.717, 1.165) is 35.7 Å². The number of pyridine rings is 1. The summed E-state index contributed by atoms with van der Waals surface area (Å²) in [5.74, 6) is 0. The zero-order chi connectivity index (χ0) is 14.9. The predicted molar refractivity (Wildman–Crippen MR) is 83.4 cm³/mol. The maximum absolute atomic E-state index is 5.87. The molecule has 2 unspecified atom stereocenters. The first-order valence-corrected chi connectivity index (χ1v) is 6.97. The Morgan fingerprint density at radius 3 is 2.30 bits per heavy atom. The molecule has 0 bridgehead atoms. The number of nitrogens with two attached hydrogens (primary N) is 1. The van der Waals surface area contributed by atoms with Crippen LogP contribution in [-0.2, 0) is 9.47 Å². The van der Waals surface area contributed by atoms with E-state index in [2.05, 4.69) is 9.88 Å². The maximum atomic E-state index is 5.87. The van der Waals surface area contributed by atoms with E-state index >= 15 is 0 Å². The van der Waals surface area contributed by atoms with Crippen LogP contribution >= 0.6 is 12.2 Å². The van der Waals surface area contributed by atoms with Crippen LogP contribution in [-0.4, -0.2) is 49.5 Å². The summed E-state index contributed by atoms with van der Waals surface area (Å²) in [7, 11) is 3.41. The Hall–Kier alpha value is -1.24. The number of rotatable bonds is 4. The van der Waals surface area contributed by atoms with Gasteiger partial charge in [0.15, 0.2) is 0 Å². The number of hydrogen-bond acceptors (Lipinski definition) is 5. The molecule has 1 fully saturated rings. The van der Waals surface area contributed by atoms with Crippen molar-refractivity contribution in [3.8, 4) is 0 Å². The molecular formula is C14H21N3O2S. The van der Waals surface area contributed by atoms with Gasteiger partial charge in [-0.3, -0.25) is 4.98 Å². The van der Waals surface area contributed by atoms with E-state index in [1.807, 2.05) is 19.9 Å². The fourth-order valence-electron chi connectivity index (χ4n) is 2.76. The smallest absolute Gasteiger partial charge is 0.107 e. The summed E-state index contributed by atoms with van der Waals surface area (Å²) in [4.78, 5) is 7.03. The van der Waals surface area contributed by atoms with Gasteiger partial charge in [-0.05, 0) is 19.9 Å². The fraction of sp³-hybridized carbons (Fsp3) is 0.571. The molecule has 110 valence electrons. The Morgan fingerprint density at radius 1 is 1.30 bits per heavy atom. The lowest BCUT2D eigenvalue weighted by Crippen LogP contribution is -2.27. The Bertz CT molecular complexity index is 509. The molecule has 1 saturated heterocycles. The van der Waals surface area contributed by atoms with Crippen molar-refractivity contribution >= 4 is 22.9 Å². The first-order chi connectivity index (χ1) is 9.47. The summed E-state index contributed by atoms with van der Waals surface area (Å²) >= 11 is 5.18. The van der Waals surface area contributed by atoms with E-state index in [-0.39, 0.29) is 12.2 Å². The average Bonchev–Trinajstić information content (AvgIpc) is 2.80. The van der Waals surface area contributed by atoms with Gasteiger partial charge in [-0.15, -0.1) is 0 Å². The Kier molecular flexibility index (Phi) is 4.57. The van der Waals surface area contributed by atoms with Crippen LogP contribution in [0.15, 0.2) is 6.07 Å². The molecule has 0 aliphatic carbocycles. The largest absolute Gasteiger partial charge is 0.389 e. The van der Waals surface area contributed by atoms with Crippen molar-refractivity contribution in [2.75, 3.05) is 32.2 Å². The van der Waals surface area contributed by atoms with Gasteiger partial charge in [0.25, 0.3) is 0 Å². The van der Waals surface area contributed by atoms with Crippen LogP contribution in [0.3, 0.4) is 0 Å². The zero-order valence-electron chi connectivity index (χ0n) is 12.3. The zero-order valence-corrected chi connectivity index (χ0v) is 13.2. The highest BCUT2D eigenvalue weighted by molar-refractivity contribution is 7.80. The minimum atomic E-state index is 0.0490. The number of methoxy groups -OCH3 is 2. The third-order valence-electron chi connectivity index (χ3n) is 3.72. The summed E-state index contributed by atoms with van der Waals surface area (Å²) in [6, 6.07) is 2.02. The SMILES string of the molecule is COC1CN(c2cc(C)nc(C)c2C(N)=S)CC1OC. The van der Waals surface area contributed by atoms with Crippen LogP contribution in [0.2, 0.25) is 0 Å². The van der Waals surface area contributed by atoms with E-state index in [9.17, 15) is 0 Å². The Morgan fingerprint density at radius 2 is 1.85 bits per heavy atom. The second kappa shape index (κ2) is 6.03.